The zero-order valence-corrected chi connectivity index (χ0v) is 8.65. The second kappa shape index (κ2) is 4.33. The lowest BCUT2D eigenvalue weighted by Crippen LogP contribution is -2.00. The van der Waals surface area contributed by atoms with Gasteiger partial charge in [-0.3, -0.25) is 0 Å². The molecule has 2 rings (SSSR count). The molecule has 0 aliphatic rings. The van der Waals surface area contributed by atoms with Crippen molar-refractivity contribution < 1.29 is 18.7 Å². The molecule has 0 saturated carbocycles. The van der Waals surface area contributed by atoms with Crippen LogP contribution in [0.5, 0.6) is 0 Å². The quantitative estimate of drug-likeness (QED) is 0.865. The van der Waals surface area contributed by atoms with Crippen molar-refractivity contribution in [2.45, 2.75) is 0 Å². The normalized spacial score (nSPS) is 10.2. The van der Waals surface area contributed by atoms with Gasteiger partial charge < -0.3 is 5.11 Å². The second-order valence-electron chi connectivity index (χ2n) is 3.50. The van der Waals surface area contributed by atoms with Crippen LogP contribution in [0.25, 0.3) is 11.1 Å². The van der Waals surface area contributed by atoms with Crippen LogP contribution in [0.2, 0.25) is 0 Å². The topological polar surface area (TPSA) is 37.3 Å². The lowest BCUT2D eigenvalue weighted by molar-refractivity contribution is 0.0697. The third-order valence-corrected chi connectivity index (χ3v) is 2.37. The molecule has 17 heavy (non-hydrogen) atoms. The molecule has 86 valence electrons. The smallest absolute Gasteiger partial charge is 0.336 e. The molecule has 0 unspecified atom stereocenters. The molecule has 1 N–H and O–H groups in total. The lowest BCUT2D eigenvalue weighted by atomic mass is 9.99. The number of halogens is 2. The van der Waals surface area contributed by atoms with Gasteiger partial charge in [-0.05, 0) is 35.4 Å². The van der Waals surface area contributed by atoms with Crippen molar-refractivity contribution in [1.82, 2.24) is 0 Å². The maximum absolute atomic E-state index is 13.0. The summed E-state index contributed by atoms with van der Waals surface area (Å²) in [6.45, 7) is 0. The molecule has 0 amide bonds. The van der Waals surface area contributed by atoms with Crippen molar-refractivity contribution in [3.05, 3.63) is 59.7 Å². The molecule has 0 saturated heterocycles. The van der Waals surface area contributed by atoms with E-state index in [-0.39, 0.29) is 5.56 Å². The highest BCUT2D eigenvalue weighted by Crippen LogP contribution is 2.24. The Labute approximate surface area is 96.1 Å². The Morgan fingerprint density at radius 3 is 2.12 bits per heavy atom. The van der Waals surface area contributed by atoms with Crippen molar-refractivity contribution in [3.63, 3.8) is 0 Å². The number of benzene rings is 2. The van der Waals surface area contributed by atoms with E-state index in [0.717, 1.165) is 6.07 Å². The summed E-state index contributed by atoms with van der Waals surface area (Å²) >= 11 is 0. The molecule has 0 aliphatic heterocycles. The fourth-order valence-corrected chi connectivity index (χ4v) is 1.57. The van der Waals surface area contributed by atoms with E-state index in [1.807, 2.05) is 0 Å². The first-order chi connectivity index (χ1) is 8.08. The maximum atomic E-state index is 13.0. The average molecular weight is 234 g/mol. The largest absolute Gasteiger partial charge is 0.478 e. The fraction of sp³-hybridized carbons (Fsp3) is 0. The Balaban J connectivity index is 2.58. The second-order valence-corrected chi connectivity index (χ2v) is 3.50. The minimum absolute atomic E-state index is 0.142. The molecule has 4 heteroatoms. The van der Waals surface area contributed by atoms with E-state index in [4.69, 9.17) is 5.11 Å². The van der Waals surface area contributed by atoms with Crippen molar-refractivity contribution >= 4 is 5.97 Å². The lowest BCUT2D eigenvalue weighted by Gasteiger charge is -2.06. The van der Waals surface area contributed by atoms with E-state index in [1.165, 1.54) is 36.4 Å². The van der Waals surface area contributed by atoms with Gasteiger partial charge in [-0.15, -0.1) is 0 Å². The van der Waals surface area contributed by atoms with E-state index < -0.39 is 17.6 Å². The number of carboxylic acid groups (broad SMARTS) is 1. The van der Waals surface area contributed by atoms with Crippen LogP contribution in [0.15, 0.2) is 42.5 Å². The first kappa shape index (κ1) is 11.3. The van der Waals surface area contributed by atoms with Crippen LogP contribution >= 0.6 is 0 Å². The third-order valence-electron chi connectivity index (χ3n) is 2.37. The molecule has 0 radical (unpaired) electrons. The van der Waals surface area contributed by atoms with Gasteiger partial charge in [-0.1, -0.05) is 18.2 Å². The van der Waals surface area contributed by atoms with E-state index in [1.54, 1.807) is 0 Å². The summed E-state index contributed by atoms with van der Waals surface area (Å²) < 4.78 is 25.7. The number of carboxylic acids is 1. The van der Waals surface area contributed by atoms with Crippen molar-refractivity contribution in [1.29, 1.82) is 0 Å². The van der Waals surface area contributed by atoms with Gasteiger partial charge in [0, 0.05) is 0 Å². The number of rotatable bonds is 2. The summed E-state index contributed by atoms with van der Waals surface area (Å²) in [5, 5.41) is 8.97. The van der Waals surface area contributed by atoms with Crippen molar-refractivity contribution in [3.8, 4) is 11.1 Å². The first-order valence-corrected chi connectivity index (χ1v) is 4.87. The van der Waals surface area contributed by atoms with Gasteiger partial charge in [0.05, 0.1) is 5.56 Å². The maximum Gasteiger partial charge on any atom is 0.336 e. The molecular weight excluding hydrogens is 226 g/mol. The van der Waals surface area contributed by atoms with Gasteiger partial charge in [0.15, 0.2) is 0 Å². The predicted molar refractivity (Wildman–Crippen MR) is 58.8 cm³/mol. The zero-order chi connectivity index (χ0) is 12.4. The molecule has 0 aromatic heterocycles. The SMILES string of the molecule is O=C(O)c1cc(F)ccc1-c1ccc(F)cc1. The summed E-state index contributed by atoms with van der Waals surface area (Å²) in [7, 11) is 0. The van der Waals surface area contributed by atoms with Crippen LogP contribution in [0.3, 0.4) is 0 Å². The van der Waals surface area contributed by atoms with Crippen LogP contribution in [0.1, 0.15) is 10.4 Å². The number of carbonyl (C=O) groups is 1. The molecular formula is C13H8F2O2. The van der Waals surface area contributed by atoms with Gasteiger partial charge in [-0.25, -0.2) is 13.6 Å². The Morgan fingerprint density at radius 2 is 1.53 bits per heavy atom. The summed E-state index contributed by atoms with van der Waals surface area (Å²) in [5.41, 5.74) is 0.749. The van der Waals surface area contributed by atoms with Crippen molar-refractivity contribution in [2.24, 2.45) is 0 Å². The van der Waals surface area contributed by atoms with Crippen LogP contribution in [-0.4, -0.2) is 11.1 Å². The van der Waals surface area contributed by atoms with Gasteiger partial charge in [0.2, 0.25) is 0 Å². The Kier molecular flexibility index (Phi) is 2.87. The van der Waals surface area contributed by atoms with Crippen LogP contribution in [-0.2, 0) is 0 Å². The Hall–Kier alpha value is -2.23. The minimum Gasteiger partial charge on any atom is -0.478 e. The van der Waals surface area contributed by atoms with E-state index in [0.29, 0.717) is 11.1 Å². The van der Waals surface area contributed by atoms with Gasteiger partial charge in [-0.2, -0.15) is 0 Å². The molecule has 0 heterocycles. The Bertz CT molecular complexity index is 562. The molecule has 0 bridgehead atoms. The molecule has 2 aromatic rings. The number of hydrogen-bond acceptors (Lipinski definition) is 1. The molecule has 0 spiro atoms. The standard InChI is InChI=1S/C13H8F2O2/c14-9-3-1-8(2-4-9)11-6-5-10(15)7-12(11)13(16)17/h1-7H,(H,16,17). The highest BCUT2D eigenvalue weighted by atomic mass is 19.1. The fourth-order valence-electron chi connectivity index (χ4n) is 1.57. The third kappa shape index (κ3) is 2.30. The van der Waals surface area contributed by atoms with E-state index in [2.05, 4.69) is 0 Å². The average Bonchev–Trinajstić information content (AvgIpc) is 2.30. The summed E-state index contributed by atoms with van der Waals surface area (Å²) in [5.74, 6) is -2.25. The van der Waals surface area contributed by atoms with Gasteiger partial charge in [0.25, 0.3) is 0 Å². The Morgan fingerprint density at radius 1 is 0.941 bits per heavy atom. The highest BCUT2D eigenvalue weighted by molar-refractivity contribution is 5.96. The summed E-state index contributed by atoms with van der Waals surface area (Å²) in [6.07, 6.45) is 0. The van der Waals surface area contributed by atoms with Crippen LogP contribution in [0, 0.1) is 11.6 Å². The van der Waals surface area contributed by atoms with Gasteiger partial charge >= 0.3 is 5.97 Å². The molecule has 0 aliphatic carbocycles. The summed E-state index contributed by atoms with van der Waals surface area (Å²) in [4.78, 5) is 11.0. The molecule has 2 aromatic carbocycles. The number of aromatic carboxylic acids is 1. The van der Waals surface area contributed by atoms with Crippen LogP contribution < -0.4 is 0 Å². The molecule has 0 atom stereocenters. The van der Waals surface area contributed by atoms with E-state index in [9.17, 15) is 13.6 Å². The van der Waals surface area contributed by atoms with E-state index >= 15 is 0 Å². The van der Waals surface area contributed by atoms with Crippen LogP contribution in [0.4, 0.5) is 8.78 Å². The minimum atomic E-state index is -1.22. The van der Waals surface area contributed by atoms with Gasteiger partial charge in [0.1, 0.15) is 11.6 Å². The monoisotopic (exact) mass is 234 g/mol. The number of hydrogen-bond donors (Lipinski definition) is 1. The zero-order valence-electron chi connectivity index (χ0n) is 8.65. The summed E-state index contributed by atoms with van der Waals surface area (Å²) in [6, 6.07) is 8.84. The predicted octanol–water partition coefficient (Wildman–Crippen LogP) is 3.33. The van der Waals surface area contributed by atoms with Crippen molar-refractivity contribution in [2.75, 3.05) is 0 Å². The molecule has 0 fully saturated rings. The highest BCUT2D eigenvalue weighted by Gasteiger charge is 2.12. The molecule has 2 nitrogen and oxygen atoms in total. The first-order valence-electron chi connectivity index (χ1n) is 4.87.